The van der Waals surface area contributed by atoms with E-state index in [2.05, 4.69) is 10.3 Å². The molecule has 144 valence electrons. The van der Waals surface area contributed by atoms with Gasteiger partial charge in [0.25, 0.3) is 0 Å². The lowest BCUT2D eigenvalue weighted by Gasteiger charge is -2.22. The molecular formula is C18H26FIN4OS. The molecule has 1 heterocycles. The third-order valence-corrected chi connectivity index (χ3v) is 4.64. The minimum Gasteiger partial charge on any atom is -0.492 e. The van der Waals surface area contributed by atoms with Crippen LogP contribution in [-0.2, 0) is 6.54 Å². The van der Waals surface area contributed by atoms with Crippen LogP contribution < -0.4 is 10.1 Å². The van der Waals surface area contributed by atoms with Gasteiger partial charge in [0.1, 0.15) is 18.2 Å². The van der Waals surface area contributed by atoms with Crippen LogP contribution in [0.5, 0.6) is 5.75 Å². The summed E-state index contributed by atoms with van der Waals surface area (Å²) in [6.07, 6.45) is 0. The predicted octanol–water partition coefficient (Wildman–Crippen LogP) is 3.99. The highest BCUT2D eigenvalue weighted by molar-refractivity contribution is 14.0. The van der Waals surface area contributed by atoms with Gasteiger partial charge in [-0.05, 0) is 45.0 Å². The first-order chi connectivity index (χ1) is 12.0. The van der Waals surface area contributed by atoms with E-state index in [1.807, 2.05) is 32.7 Å². The molecule has 1 aromatic heterocycles. The Balaban J connectivity index is 0.00000338. The highest BCUT2D eigenvalue weighted by Gasteiger charge is 2.08. The molecule has 2 aromatic rings. The van der Waals surface area contributed by atoms with Crippen molar-refractivity contribution < 1.29 is 9.13 Å². The Morgan fingerprint density at radius 3 is 2.58 bits per heavy atom. The number of likely N-dealkylation sites (N-methyl/N-ethyl adjacent to an activating group) is 1. The monoisotopic (exact) mass is 492 g/mol. The largest absolute Gasteiger partial charge is 0.492 e. The Labute approximate surface area is 175 Å². The Morgan fingerprint density at radius 1 is 1.31 bits per heavy atom. The maximum absolute atomic E-state index is 12.9. The van der Waals surface area contributed by atoms with Crippen LogP contribution in [-0.4, -0.2) is 42.6 Å². The first-order valence-corrected chi connectivity index (χ1v) is 9.12. The highest BCUT2D eigenvalue weighted by Crippen LogP contribution is 2.18. The molecule has 0 fully saturated rings. The molecule has 0 spiro atoms. The van der Waals surface area contributed by atoms with Gasteiger partial charge in [0, 0.05) is 18.5 Å². The van der Waals surface area contributed by atoms with E-state index >= 15 is 0 Å². The number of nitrogens with one attached hydrogen (secondary N) is 1. The lowest BCUT2D eigenvalue weighted by molar-refractivity contribution is 0.281. The van der Waals surface area contributed by atoms with Crippen molar-refractivity contribution in [1.29, 1.82) is 0 Å². The molecule has 0 radical (unpaired) electrons. The van der Waals surface area contributed by atoms with Gasteiger partial charge in [-0.25, -0.2) is 14.4 Å². The molecule has 0 amide bonds. The van der Waals surface area contributed by atoms with E-state index in [-0.39, 0.29) is 29.8 Å². The number of nitrogens with zero attached hydrogens (tertiary/aromatic N) is 3. The van der Waals surface area contributed by atoms with Crippen LogP contribution in [0.25, 0.3) is 0 Å². The molecule has 0 saturated heterocycles. The number of rotatable bonds is 7. The average molecular weight is 492 g/mol. The second-order valence-corrected chi connectivity index (χ2v) is 6.92. The van der Waals surface area contributed by atoms with Crippen LogP contribution in [0.15, 0.2) is 29.3 Å². The molecule has 0 atom stereocenters. The maximum atomic E-state index is 12.9. The van der Waals surface area contributed by atoms with Gasteiger partial charge < -0.3 is 15.0 Å². The smallest absolute Gasteiger partial charge is 0.194 e. The molecule has 0 aliphatic carbocycles. The summed E-state index contributed by atoms with van der Waals surface area (Å²) in [7, 11) is 1.97. The lowest BCUT2D eigenvalue weighted by Crippen LogP contribution is -2.40. The fourth-order valence-corrected chi connectivity index (χ4v) is 3.14. The average Bonchev–Trinajstić information content (AvgIpc) is 2.90. The molecule has 0 unspecified atom stereocenters. The van der Waals surface area contributed by atoms with Crippen molar-refractivity contribution in [1.82, 2.24) is 15.2 Å². The lowest BCUT2D eigenvalue weighted by atomic mass is 10.3. The summed E-state index contributed by atoms with van der Waals surface area (Å²) >= 11 is 1.68. The van der Waals surface area contributed by atoms with E-state index in [9.17, 15) is 4.39 Å². The van der Waals surface area contributed by atoms with Crippen molar-refractivity contribution >= 4 is 41.3 Å². The van der Waals surface area contributed by atoms with Gasteiger partial charge in [0.15, 0.2) is 5.96 Å². The van der Waals surface area contributed by atoms with Gasteiger partial charge in [0.05, 0.1) is 23.8 Å². The van der Waals surface area contributed by atoms with Crippen LogP contribution in [0, 0.1) is 19.7 Å². The number of hydrogen-bond acceptors (Lipinski definition) is 4. The fraction of sp³-hybridized carbons (Fsp3) is 0.444. The number of guanidine groups is 1. The minimum absolute atomic E-state index is 0. The quantitative estimate of drug-likeness (QED) is 0.361. The first kappa shape index (κ1) is 22.6. The molecule has 0 bridgehead atoms. The summed E-state index contributed by atoms with van der Waals surface area (Å²) in [4.78, 5) is 12.3. The second kappa shape index (κ2) is 11.3. The summed E-state index contributed by atoms with van der Waals surface area (Å²) in [5.74, 6) is 1.22. The van der Waals surface area contributed by atoms with Crippen LogP contribution >= 0.6 is 35.3 Å². The fourth-order valence-electron chi connectivity index (χ4n) is 2.27. The number of aromatic nitrogens is 1. The number of hydrogen-bond donors (Lipinski definition) is 1. The molecule has 0 saturated carbocycles. The third-order valence-electron chi connectivity index (χ3n) is 3.58. The zero-order valence-electron chi connectivity index (χ0n) is 15.6. The molecule has 0 aliphatic heterocycles. The van der Waals surface area contributed by atoms with Crippen LogP contribution in [0.4, 0.5) is 4.39 Å². The zero-order chi connectivity index (χ0) is 18.2. The Hall–Kier alpha value is -1.42. The Bertz CT molecular complexity index is 706. The van der Waals surface area contributed by atoms with E-state index in [1.165, 1.54) is 17.0 Å². The molecule has 5 nitrogen and oxygen atoms in total. The molecule has 1 N–H and O–H groups in total. The van der Waals surface area contributed by atoms with Crippen LogP contribution in [0.1, 0.15) is 22.5 Å². The van der Waals surface area contributed by atoms with E-state index in [0.717, 1.165) is 23.2 Å². The van der Waals surface area contributed by atoms with E-state index < -0.39 is 0 Å². The van der Waals surface area contributed by atoms with Crippen molar-refractivity contribution in [3.05, 3.63) is 45.7 Å². The predicted molar refractivity (Wildman–Crippen MR) is 116 cm³/mol. The van der Waals surface area contributed by atoms with Crippen LogP contribution in [0.2, 0.25) is 0 Å². The minimum atomic E-state index is -0.264. The van der Waals surface area contributed by atoms with Crippen molar-refractivity contribution in [2.45, 2.75) is 27.3 Å². The number of aliphatic imine (C=N–C) groups is 1. The molecule has 2 rings (SSSR count). The molecule has 0 aliphatic rings. The number of aryl methyl sites for hydroxylation is 2. The highest BCUT2D eigenvalue weighted by atomic mass is 127. The molecule has 8 heteroatoms. The number of thiazole rings is 1. The summed E-state index contributed by atoms with van der Waals surface area (Å²) in [6.45, 7) is 8.64. The van der Waals surface area contributed by atoms with E-state index in [0.29, 0.717) is 25.4 Å². The van der Waals surface area contributed by atoms with Gasteiger partial charge in [-0.15, -0.1) is 35.3 Å². The third kappa shape index (κ3) is 7.06. The van der Waals surface area contributed by atoms with E-state index in [1.54, 1.807) is 23.5 Å². The SMILES string of the molecule is CCNC(=NCc1sc(C)nc1C)N(C)CCOc1ccc(F)cc1.I. The van der Waals surface area contributed by atoms with Crippen molar-refractivity contribution in [3.8, 4) is 5.75 Å². The molecule has 1 aromatic carbocycles. The van der Waals surface area contributed by atoms with Gasteiger partial charge in [-0.2, -0.15) is 0 Å². The summed E-state index contributed by atoms with van der Waals surface area (Å²) in [6, 6.07) is 6.04. The van der Waals surface area contributed by atoms with Crippen molar-refractivity contribution in [2.24, 2.45) is 4.99 Å². The molecular weight excluding hydrogens is 466 g/mol. The van der Waals surface area contributed by atoms with Gasteiger partial charge >= 0.3 is 0 Å². The maximum Gasteiger partial charge on any atom is 0.194 e. The van der Waals surface area contributed by atoms with Gasteiger partial charge in [0.2, 0.25) is 0 Å². The van der Waals surface area contributed by atoms with Crippen molar-refractivity contribution in [2.75, 3.05) is 26.7 Å². The molecule has 26 heavy (non-hydrogen) atoms. The van der Waals surface area contributed by atoms with Gasteiger partial charge in [-0.1, -0.05) is 0 Å². The topological polar surface area (TPSA) is 49.8 Å². The Kier molecular flexibility index (Phi) is 9.85. The number of ether oxygens (including phenoxy) is 1. The van der Waals surface area contributed by atoms with Crippen molar-refractivity contribution in [3.63, 3.8) is 0 Å². The van der Waals surface area contributed by atoms with Gasteiger partial charge in [-0.3, -0.25) is 0 Å². The Morgan fingerprint density at radius 2 is 2.00 bits per heavy atom. The standard InChI is InChI=1S/C18H25FN4OS.HI/c1-5-20-18(21-12-17-13(2)22-14(3)25-17)23(4)10-11-24-16-8-6-15(19)7-9-16;/h6-9H,5,10-12H2,1-4H3,(H,20,21);1H. The number of benzene rings is 1. The second-order valence-electron chi connectivity index (χ2n) is 5.64. The summed E-state index contributed by atoms with van der Waals surface area (Å²) in [5, 5.41) is 4.35. The number of halogens is 2. The van der Waals surface area contributed by atoms with E-state index in [4.69, 9.17) is 9.73 Å². The van der Waals surface area contributed by atoms with Crippen LogP contribution in [0.3, 0.4) is 0 Å². The summed E-state index contributed by atoms with van der Waals surface area (Å²) in [5.41, 5.74) is 1.05. The zero-order valence-corrected chi connectivity index (χ0v) is 18.7. The first-order valence-electron chi connectivity index (χ1n) is 8.30. The normalized spacial score (nSPS) is 11.0. The summed E-state index contributed by atoms with van der Waals surface area (Å²) < 4.78 is 18.5.